The van der Waals surface area contributed by atoms with Crippen LogP contribution >= 0.6 is 11.6 Å². The van der Waals surface area contributed by atoms with Crippen LogP contribution in [0.1, 0.15) is 15.9 Å². The largest absolute Gasteiger partial charge is 0.452 e. The smallest absolute Gasteiger partial charge is 0.417 e. The number of anilines is 2. The van der Waals surface area contributed by atoms with E-state index in [1.54, 1.807) is 25.2 Å². The number of alkyl halides is 3. The number of carbonyl (C=O) groups excluding carboxylic acids is 2. The van der Waals surface area contributed by atoms with Gasteiger partial charge in [0.1, 0.15) is 0 Å². The van der Waals surface area contributed by atoms with Crippen LogP contribution in [0, 0.1) is 0 Å². The van der Waals surface area contributed by atoms with Gasteiger partial charge in [0.05, 0.1) is 16.1 Å². The Kier molecular flexibility index (Phi) is 6.04. The molecule has 0 fully saturated rings. The van der Waals surface area contributed by atoms with E-state index in [4.69, 9.17) is 16.3 Å². The Hall–Kier alpha value is -2.81. The standard InChI is InChI=1S/C16H13ClF3N3O3/c1-21-12-5-3-2-4-10(12)15(25)26-8-13(24)23-14-11(17)6-9(7-22-14)16(18,19)20/h2-7,21H,8H2,1H3,(H,22,23,24). The van der Waals surface area contributed by atoms with E-state index in [0.717, 1.165) is 0 Å². The molecule has 0 aliphatic heterocycles. The van der Waals surface area contributed by atoms with Crippen LogP contribution in [-0.4, -0.2) is 30.5 Å². The van der Waals surface area contributed by atoms with Crippen LogP contribution < -0.4 is 10.6 Å². The van der Waals surface area contributed by atoms with Gasteiger partial charge in [-0.3, -0.25) is 4.79 Å². The molecule has 0 atom stereocenters. The highest BCUT2D eigenvalue weighted by molar-refractivity contribution is 6.33. The highest BCUT2D eigenvalue weighted by atomic mass is 35.5. The number of aromatic nitrogens is 1. The molecule has 6 nitrogen and oxygen atoms in total. The summed E-state index contributed by atoms with van der Waals surface area (Å²) in [4.78, 5) is 27.3. The molecule has 1 aromatic heterocycles. The van der Waals surface area contributed by atoms with Gasteiger partial charge in [-0.2, -0.15) is 13.2 Å². The van der Waals surface area contributed by atoms with Crippen molar-refractivity contribution < 1.29 is 27.5 Å². The number of hydrogen-bond acceptors (Lipinski definition) is 5. The van der Waals surface area contributed by atoms with Crippen LogP contribution in [0.2, 0.25) is 5.02 Å². The second-order valence-corrected chi connectivity index (χ2v) is 5.38. The Morgan fingerprint density at radius 3 is 2.58 bits per heavy atom. The second-order valence-electron chi connectivity index (χ2n) is 4.97. The molecular weight excluding hydrogens is 375 g/mol. The Morgan fingerprint density at radius 2 is 1.96 bits per heavy atom. The summed E-state index contributed by atoms with van der Waals surface area (Å²) in [5.41, 5.74) is -0.297. The van der Waals surface area contributed by atoms with Crippen LogP contribution in [0.4, 0.5) is 24.7 Å². The zero-order valence-electron chi connectivity index (χ0n) is 13.4. The van der Waals surface area contributed by atoms with Crippen molar-refractivity contribution in [1.29, 1.82) is 0 Å². The van der Waals surface area contributed by atoms with E-state index >= 15 is 0 Å². The van der Waals surface area contributed by atoms with Gasteiger partial charge in [-0.1, -0.05) is 23.7 Å². The van der Waals surface area contributed by atoms with E-state index in [1.165, 1.54) is 6.07 Å². The SMILES string of the molecule is CNc1ccccc1C(=O)OCC(=O)Nc1ncc(C(F)(F)F)cc1Cl. The van der Waals surface area contributed by atoms with Crippen LogP contribution in [0.25, 0.3) is 0 Å². The predicted octanol–water partition coefficient (Wildman–Crippen LogP) is 3.59. The van der Waals surface area contributed by atoms with Crippen molar-refractivity contribution in [3.8, 4) is 0 Å². The number of hydrogen-bond donors (Lipinski definition) is 2. The topological polar surface area (TPSA) is 80.3 Å². The van der Waals surface area contributed by atoms with Crippen LogP contribution in [0.15, 0.2) is 36.5 Å². The molecular formula is C16H13ClF3N3O3. The molecule has 0 spiro atoms. The maximum atomic E-state index is 12.5. The fourth-order valence-corrected chi connectivity index (χ4v) is 2.15. The van der Waals surface area contributed by atoms with E-state index in [2.05, 4.69) is 15.6 Å². The lowest BCUT2D eigenvalue weighted by Crippen LogP contribution is -2.22. The number of ether oxygens (including phenoxy) is 1. The molecule has 0 radical (unpaired) electrons. The number of halogens is 4. The molecule has 138 valence electrons. The lowest BCUT2D eigenvalue weighted by Gasteiger charge is -2.11. The number of pyridine rings is 1. The van der Waals surface area contributed by atoms with Gasteiger partial charge in [0.15, 0.2) is 12.4 Å². The van der Waals surface area contributed by atoms with Gasteiger partial charge < -0.3 is 15.4 Å². The molecule has 2 rings (SSSR count). The molecule has 1 aromatic carbocycles. The third-order valence-electron chi connectivity index (χ3n) is 3.18. The molecule has 0 saturated heterocycles. The van der Waals surface area contributed by atoms with E-state index in [9.17, 15) is 22.8 Å². The van der Waals surface area contributed by atoms with Gasteiger partial charge in [-0.05, 0) is 18.2 Å². The van der Waals surface area contributed by atoms with E-state index in [-0.39, 0.29) is 16.4 Å². The maximum Gasteiger partial charge on any atom is 0.417 e. The van der Waals surface area contributed by atoms with Crippen molar-refractivity contribution in [2.75, 3.05) is 24.3 Å². The predicted molar refractivity (Wildman–Crippen MR) is 89.1 cm³/mol. The average Bonchev–Trinajstić information content (AvgIpc) is 2.60. The average molecular weight is 388 g/mol. The first-order valence-corrected chi connectivity index (χ1v) is 7.56. The molecule has 0 saturated carbocycles. The maximum absolute atomic E-state index is 12.5. The number of rotatable bonds is 5. The molecule has 2 N–H and O–H groups in total. The number of benzene rings is 1. The molecule has 0 unspecified atom stereocenters. The summed E-state index contributed by atoms with van der Waals surface area (Å²) in [5, 5.41) is 4.60. The van der Waals surface area contributed by atoms with Gasteiger partial charge >= 0.3 is 12.1 Å². The lowest BCUT2D eigenvalue weighted by molar-refractivity contribution is -0.137. The minimum absolute atomic E-state index is 0.230. The molecule has 26 heavy (non-hydrogen) atoms. The molecule has 1 heterocycles. The quantitative estimate of drug-likeness (QED) is 0.766. The fourth-order valence-electron chi connectivity index (χ4n) is 1.94. The van der Waals surface area contributed by atoms with E-state index < -0.39 is 30.2 Å². The Morgan fingerprint density at radius 1 is 1.27 bits per heavy atom. The van der Waals surface area contributed by atoms with Crippen molar-refractivity contribution in [3.63, 3.8) is 0 Å². The van der Waals surface area contributed by atoms with Crippen molar-refractivity contribution in [2.24, 2.45) is 0 Å². The van der Waals surface area contributed by atoms with Crippen molar-refractivity contribution in [2.45, 2.75) is 6.18 Å². The van der Waals surface area contributed by atoms with Crippen molar-refractivity contribution in [1.82, 2.24) is 4.98 Å². The van der Waals surface area contributed by atoms with Crippen LogP contribution in [-0.2, 0) is 15.7 Å². The fraction of sp³-hybridized carbons (Fsp3) is 0.188. The van der Waals surface area contributed by atoms with E-state index in [1.807, 2.05) is 0 Å². The molecule has 2 aromatic rings. The number of para-hydroxylation sites is 1. The first-order chi connectivity index (χ1) is 12.2. The summed E-state index contributed by atoms with van der Waals surface area (Å²) < 4.78 is 42.5. The molecule has 0 aliphatic carbocycles. The van der Waals surface area contributed by atoms with Gasteiger partial charge in [-0.25, -0.2) is 9.78 Å². The number of nitrogens with one attached hydrogen (secondary N) is 2. The van der Waals surface area contributed by atoms with Gasteiger partial charge in [-0.15, -0.1) is 0 Å². The minimum Gasteiger partial charge on any atom is -0.452 e. The first-order valence-electron chi connectivity index (χ1n) is 7.19. The monoisotopic (exact) mass is 387 g/mol. The Bertz CT molecular complexity index is 828. The van der Waals surface area contributed by atoms with Crippen molar-refractivity contribution in [3.05, 3.63) is 52.7 Å². The molecule has 0 bridgehead atoms. The first kappa shape index (κ1) is 19.5. The highest BCUT2D eigenvalue weighted by Crippen LogP contribution is 2.32. The zero-order chi connectivity index (χ0) is 19.3. The number of esters is 1. The van der Waals surface area contributed by atoms with Gasteiger partial charge in [0.2, 0.25) is 0 Å². The summed E-state index contributed by atoms with van der Waals surface area (Å²) in [6.45, 7) is -0.657. The summed E-state index contributed by atoms with van der Waals surface area (Å²) in [5.74, 6) is -1.80. The number of carbonyl (C=O) groups is 2. The molecule has 10 heteroatoms. The van der Waals surface area contributed by atoms with Gasteiger partial charge in [0, 0.05) is 18.9 Å². The summed E-state index contributed by atoms with van der Waals surface area (Å²) >= 11 is 5.68. The van der Waals surface area contributed by atoms with E-state index in [0.29, 0.717) is 18.0 Å². The molecule has 0 aliphatic rings. The zero-order valence-corrected chi connectivity index (χ0v) is 14.1. The summed E-state index contributed by atoms with van der Waals surface area (Å²) in [6.07, 6.45) is -4.06. The van der Waals surface area contributed by atoms with Gasteiger partial charge in [0.25, 0.3) is 5.91 Å². The summed E-state index contributed by atoms with van der Waals surface area (Å²) in [7, 11) is 1.62. The number of amides is 1. The van der Waals surface area contributed by atoms with Crippen LogP contribution in [0.3, 0.4) is 0 Å². The third kappa shape index (κ3) is 4.85. The van der Waals surface area contributed by atoms with Crippen molar-refractivity contribution >= 4 is 35.0 Å². The molecule has 1 amide bonds. The minimum atomic E-state index is -4.60. The normalized spacial score (nSPS) is 11.0. The van der Waals surface area contributed by atoms with Crippen LogP contribution in [0.5, 0.6) is 0 Å². The lowest BCUT2D eigenvalue weighted by atomic mass is 10.2. The second kappa shape index (κ2) is 8.05. The third-order valence-corrected chi connectivity index (χ3v) is 3.47. The Balaban J connectivity index is 1.98. The number of nitrogens with zero attached hydrogens (tertiary/aromatic N) is 1. The highest BCUT2D eigenvalue weighted by Gasteiger charge is 2.31. The Labute approximate surface area is 151 Å². The summed E-state index contributed by atoms with van der Waals surface area (Å²) in [6, 6.07) is 7.15.